The molecule has 1 aliphatic heterocycles. The maximum Gasteiger partial charge on any atom is 0.122 e. The van der Waals surface area contributed by atoms with Gasteiger partial charge in [0.25, 0.3) is 0 Å². The number of hydrogen-bond acceptors (Lipinski definition) is 3. The molecule has 0 radical (unpaired) electrons. The Morgan fingerprint density at radius 2 is 1.90 bits per heavy atom. The number of likely N-dealkylation sites (tertiary alicyclic amines) is 1. The van der Waals surface area contributed by atoms with E-state index in [0.717, 1.165) is 36.2 Å². The molecule has 0 aliphatic carbocycles. The van der Waals surface area contributed by atoms with Crippen LogP contribution in [-0.2, 0) is 0 Å². The van der Waals surface area contributed by atoms with Crippen molar-refractivity contribution in [1.82, 2.24) is 4.90 Å². The molecule has 1 aromatic carbocycles. The van der Waals surface area contributed by atoms with Crippen molar-refractivity contribution >= 4 is 0 Å². The van der Waals surface area contributed by atoms with Gasteiger partial charge in [-0.1, -0.05) is 31.5 Å². The quantitative estimate of drug-likeness (QED) is 0.905. The Morgan fingerprint density at radius 3 is 2.52 bits per heavy atom. The third-order valence-corrected chi connectivity index (χ3v) is 4.18. The van der Waals surface area contributed by atoms with E-state index in [-0.39, 0.29) is 0 Å². The number of β-amino-alcohol motifs (C(OH)–C–C–N with tert-alkyl or cyclic N) is 1. The summed E-state index contributed by atoms with van der Waals surface area (Å²) in [6.45, 7) is 12.0. The monoisotopic (exact) mass is 291 g/mol. The highest BCUT2D eigenvalue weighted by Gasteiger charge is 2.23. The predicted octanol–water partition coefficient (Wildman–Crippen LogP) is 3.02. The van der Waals surface area contributed by atoms with Gasteiger partial charge in [0.2, 0.25) is 0 Å². The van der Waals surface area contributed by atoms with Gasteiger partial charge in [0.15, 0.2) is 0 Å². The summed E-state index contributed by atoms with van der Waals surface area (Å²) in [7, 11) is 0. The third-order valence-electron chi connectivity index (χ3n) is 4.18. The molecule has 1 saturated heterocycles. The lowest BCUT2D eigenvalue weighted by molar-refractivity contribution is 0.0427. The highest BCUT2D eigenvalue weighted by atomic mass is 16.5. The predicted molar refractivity (Wildman–Crippen MR) is 86.8 cm³/mol. The minimum atomic E-state index is -0.428. The zero-order valence-corrected chi connectivity index (χ0v) is 13.8. The summed E-state index contributed by atoms with van der Waals surface area (Å²) in [4.78, 5) is 2.37. The van der Waals surface area contributed by atoms with Crippen molar-refractivity contribution in [3.8, 4) is 5.75 Å². The van der Waals surface area contributed by atoms with Crippen molar-refractivity contribution in [1.29, 1.82) is 0 Å². The molecule has 0 saturated carbocycles. The number of aryl methyl sites for hydroxylation is 2. The summed E-state index contributed by atoms with van der Waals surface area (Å²) in [5, 5.41) is 10.2. The van der Waals surface area contributed by atoms with Gasteiger partial charge in [-0.05, 0) is 43.7 Å². The van der Waals surface area contributed by atoms with Crippen molar-refractivity contribution in [3.05, 3.63) is 29.3 Å². The highest BCUT2D eigenvalue weighted by Crippen LogP contribution is 2.22. The van der Waals surface area contributed by atoms with E-state index in [1.54, 1.807) is 0 Å². The van der Waals surface area contributed by atoms with E-state index in [0.29, 0.717) is 13.2 Å². The normalized spacial score (nSPS) is 24.8. The Bertz CT molecular complexity index is 451. The molecule has 0 aromatic heterocycles. The first kappa shape index (κ1) is 16.3. The number of hydrogen-bond donors (Lipinski definition) is 1. The Hall–Kier alpha value is -1.06. The van der Waals surface area contributed by atoms with Crippen LogP contribution in [0.1, 0.15) is 31.4 Å². The van der Waals surface area contributed by atoms with Crippen LogP contribution in [0, 0.1) is 25.7 Å². The number of ether oxygens (including phenoxy) is 1. The van der Waals surface area contributed by atoms with E-state index in [1.165, 1.54) is 12.0 Å². The fraction of sp³-hybridized carbons (Fsp3) is 0.667. The molecule has 3 heteroatoms. The molecule has 1 N–H and O–H groups in total. The number of aliphatic hydroxyl groups is 1. The molecule has 118 valence electrons. The number of nitrogens with zero attached hydrogens (tertiary/aromatic N) is 1. The smallest absolute Gasteiger partial charge is 0.122 e. The largest absolute Gasteiger partial charge is 0.491 e. The van der Waals surface area contributed by atoms with Gasteiger partial charge in [-0.15, -0.1) is 0 Å². The van der Waals surface area contributed by atoms with Crippen molar-refractivity contribution in [2.75, 3.05) is 26.2 Å². The van der Waals surface area contributed by atoms with Crippen molar-refractivity contribution in [2.45, 2.75) is 40.2 Å². The summed E-state index contributed by atoms with van der Waals surface area (Å²) >= 11 is 0. The molecule has 0 amide bonds. The fourth-order valence-electron chi connectivity index (χ4n) is 3.44. The van der Waals surface area contributed by atoms with E-state index in [2.05, 4.69) is 31.7 Å². The van der Waals surface area contributed by atoms with Crippen LogP contribution in [0.25, 0.3) is 0 Å². The summed E-state index contributed by atoms with van der Waals surface area (Å²) in [6.07, 6.45) is 0.870. The average Bonchev–Trinajstić information content (AvgIpc) is 2.36. The summed E-state index contributed by atoms with van der Waals surface area (Å²) in [6, 6.07) is 6.14. The Kier molecular flexibility index (Phi) is 5.65. The lowest BCUT2D eigenvalue weighted by atomic mass is 9.92. The van der Waals surface area contributed by atoms with Gasteiger partial charge in [-0.2, -0.15) is 0 Å². The van der Waals surface area contributed by atoms with E-state index in [9.17, 15) is 5.11 Å². The molecule has 3 nitrogen and oxygen atoms in total. The summed E-state index contributed by atoms with van der Waals surface area (Å²) in [5.41, 5.74) is 2.36. The standard InChI is InChI=1S/C18H29NO2/c1-13-5-6-18(16(4)8-13)21-12-17(20)11-19-9-14(2)7-15(3)10-19/h5-6,8,14-15,17,20H,7,9-12H2,1-4H3/t14-,15+,17-/m1/s1. The first-order valence-corrected chi connectivity index (χ1v) is 8.04. The minimum absolute atomic E-state index is 0.364. The van der Waals surface area contributed by atoms with E-state index >= 15 is 0 Å². The van der Waals surface area contributed by atoms with Gasteiger partial charge < -0.3 is 14.7 Å². The molecule has 1 fully saturated rings. The van der Waals surface area contributed by atoms with Crippen LogP contribution in [0.15, 0.2) is 18.2 Å². The lowest BCUT2D eigenvalue weighted by Gasteiger charge is -2.35. The molecule has 0 bridgehead atoms. The molecule has 1 aliphatic rings. The van der Waals surface area contributed by atoms with Crippen molar-refractivity contribution in [2.24, 2.45) is 11.8 Å². The first-order chi connectivity index (χ1) is 9.94. The van der Waals surface area contributed by atoms with Gasteiger partial charge in [-0.3, -0.25) is 0 Å². The van der Waals surface area contributed by atoms with Gasteiger partial charge in [0.1, 0.15) is 18.5 Å². The molecular weight excluding hydrogens is 262 g/mol. The Balaban J connectivity index is 1.80. The maximum atomic E-state index is 10.2. The van der Waals surface area contributed by atoms with E-state index in [4.69, 9.17) is 4.74 Å². The minimum Gasteiger partial charge on any atom is -0.491 e. The highest BCUT2D eigenvalue weighted by molar-refractivity contribution is 5.35. The molecule has 1 aromatic rings. The molecule has 2 rings (SSSR count). The van der Waals surface area contributed by atoms with Gasteiger partial charge in [-0.25, -0.2) is 0 Å². The van der Waals surface area contributed by atoms with Crippen LogP contribution in [0.3, 0.4) is 0 Å². The van der Waals surface area contributed by atoms with E-state index < -0.39 is 6.10 Å². The molecule has 3 atom stereocenters. The second-order valence-corrected chi connectivity index (χ2v) is 6.90. The topological polar surface area (TPSA) is 32.7 Å². The molecule has 0 unspecified atom stereocenters. The van der Waals surface area contributed by atoms with Crippen LogP contribution in [0.5, 0.6) is 5.75 Å². The van der Waals surface area contributed by atoms with Crippen LogP contribution < -0.4 is 4.74 Å². The molecule has 21 heavy (non-hydrogen) atoms. The van der Waals surface area contributed by atoms with Crippen LogP contribution in [0.4, 0.5) is 0 Å². The Labute approximate surface area is 128 Å². The lowest BCUT2D eigenvalue weighted by Crippen LogP contribution is -2.44. The number of aliphatic hydroxyl groups excluding tert-OH is 1. The van der Waals surface area contributed by atoms with Crippen LogP contribution >= 0.6 is 0 Å². The first-order valence-electron chi connectivity index (χ1n) is 8.04. The second kappa shape index (κ2) is 7.28. The van der Waals surface area contributed by atoms with Crippen molar-refractivity contribution < 1.29 is 9.84 Å². The van der Waals surface area contributed by atoms with Gasteiger partial charge >= 0.3 is 0 Å². The summed E-state index contributed by atoms with van der Waals surface area (Å²) in [5.74, 6) is 2.32. The second-order valence-electron chi connectivity index (χ2n) is 6.90. The summed E-state index contributed by atoms with van der Waals surface area (Å²) < 4.78 is 5.77. The van der Waals surface area contributed by atoms with Crippen molar-refractivity contribution in [3.63, 3.8) is 0 Å². The van der Waals surface area contributed by atoms with Gasteiger partial charge in [0.05, 0.1) is 0 Å². The SMILES string of the molecule is Cc1ccc(OC[C@H](O)CN2C[C@H](C)C[C@H](C)C2)c(C)c1. The number of rotatable bonds is 5. The number of piperidine rings is 1. The Morgan fingerprint density at radius 1 is 1.24 bits per heavy atom. The zero-order chi connectivity index (χ0) is 15.4. The number of benzene rings is 1. The third kappa shape index (κ3) is 5.01. The van der Waals surface area contributed by atoms with Crippen LogP contribution in [-0.4, -0.2) is 42.4 Å². The van der Waals surface area contributed by atoms with Gasteiger partial charge in [0, 0.05) is 19.6 Å². The maximum absolute atomic E-state index is 10.2. The van der Waals surface area contributed by atoms with Crippen LogP contribution in [0.2, 0.25) is 0 Å². The average molecular weight is 291 g/mol. The molecule has 0 spiro atoms. The molecule has 1 heterocycles. The van der Waals surface area contributed by atoms with E-state index in [1.807, 2.05) is 19.1 Å². The zero-order valence-electron chi connectivity index (χ0n) is 13.8. The fourth-order valence-corrected chi connectivity index (χ4v) is 3.44. The molecular formula is C18H29NO2.